The monoisotopic (exact) mass is 1060 g/mol. The maximum absolute atomic E-state index is 5.27. The molecule has 1 aliphatic rings. The van der Waals surface area contributed by atoms with E-state index in [1.54, 1.807) is 0 Å². The minimum Gasteiger partial charge on any atom is -0.310 e. The fraction of sp³-hybridized carbons (Fsp3) is 0.143. The van der Waals surface area contributed by atoms with E-state index < -0.39 is 0 Å². The molecule has 0 bridgehead atoms. The molecule has 0 atom stereocenters. The average Bonchev–Trinajstić information content (AvgIpc) is 4.10. The van der Waals surface area contributed by atoms with Crippen LogP contribution in [0.1, 0.15) is 77.6 Å². The van der Waals surface area contributed by atoms with Crippen LogP contribution >= 0.6 is 0 Å². The lowest BCUT2D eigenvalue weighted by atomic mass is 9.78. The Bertz CT molecular complexity index is 4280. The Morgan fingerprint density at radius 2 is 0.951 bits per heavy atom. The van der Waals surface area contributed by atoms with Gasteiger partial charge in [0.15, 0.2) is 11.0 Å². The van der Waals surface area contributed by atoms with Crippen LogP contribution < -0.4 is 14.4 Å². The van der Waals surface area contributed by atoms with Crippen molar-refractivity contribution in [3.8, 4) is 55.9 Å². The molecule has 0 spiro atoms. The Balaban J connectivity index is 1.05. The minimum atomic E-state index is -0.288. The Morgan fingerprint density at radius 1 is 0.378 bits per heavy atom. The smallest absolute Gasteiger partial charge is 0.255 e. The van der Waals surface area contributed by atoms with Crippen molar-refractivity contribution in [3.63, 3.8) is 0 Å². The van der Waals surface area contributed by atoms with Gasteiger partial charge in [0.1, 0.15) is 17.2 Å². The van der Waals surface area contributed by atoms with E-state index in [1.165, 1.54) is 44.5 Å². The highest BCUT2D eigenvalue weighted by Crippen LogP contribution is 2.53. The van der Waals surface area contributed by atoms with E-state index in [0.29, 0.717) is 0 Å². The number of rotatable bonds is 10. The van der Waals surface area contributed by atoms with Gasteiger partial charge < -0.3 is 4.90 Å². The molecule has 10 aromatic carbocycles. The molecule has 0 saturated heterocycles. The van der Waals surface area contributed by atoms with Crippen molar-refractivity contribution in [1.29, 1.82) is 0 Å². The summed E-state index contributed by atoms with van der Waals surface area (Å²) in [5.41, 5.74) is 23.4. The SMILES string of the molecule is CC(C)(C)c1cc(-[n+]2cn(-c3cc(-c4ccccc4)cc(N(c4ccccc4)c4ccc5c(c4)N(c4cc(C(C)(C)c6ccccc6)ccn4)c4ccccc4-c4ccccc4-5)c3)c3ccc(-c4ccccc4)cc32)cc(C(C)(C)C)c1. The molecule has 2 aromatic heterocycles. The standard InChI is InChI=1S/C77H68N5/c1-75(2,3)59-46-60(76(4,5)6)48-64(47-59)80-52-79(71-40-37-55(45-73(71)80)53-25-13-9-14-26-53)63-43-56(54-27-15-10-16-28-54)44-65(50-63)81(61-31-19-12-20-32-61)62-38-39-69-67-34-22-21-33-66(67)68-35-23-24-36-70(68)82(72(69)51-62)74-49-58(41-42-78-74)77(7,8)57-29-17-11-18-30-57/h9-52H,1-8H3/q+1. The number of hydrogen-bond acceptors (Lipinski definition) is 3. The third kappa shape index (κ3) is 9.56. The summed E-state index contributed by atoms with van der Waals surface area (Å²) in [6, 6.07) is 93.5. The van der Waals surface area contributed by atoms with Crippen molar-refractivity contribution < 1.29 is 4.57 Å². The first-order valence-electron chi connectivity index (χ1n) is 28.7. The van der Waals surface area contributed by atoms with Gasteiger partial charge in [-0.3, -0.25) is 4.90 Å². The van der Waals surface area contributed by atoms with E-state index in [-0.39, 0.29) is 16.2 Å². The van der Waals surface area contributed by atoms with Crippen molar-refractivity contribution in [2.45, 2.75) is 71.6 Å². The molecule has 5 heteroatoms. The third-order valence-electron chi connectivity index (χ3n) is 16.6. The molecule has 0 saturated carbocycles. The maximum Gasteiger partial charge on any atom is 0.255 e. The topological polar surface area (TPSA) is 28.2 Å². The Morgan fingerprint density at radius 3 is 1.60 bits per heavy atom. The summed E-state index contributed by atoms with van der Waals surface area (Å²) in [4.78, 5) is 10.1. The van der Waals surface area contributed by atoms with Gasteiger partial charge >= 0.3 is 0 Å². The number of benzene rings is 10. The summed E-state index contributed by atoms with van der Waals surface area (Å²) in [5.74, 6) is 0.852. The first-order chi connectivity index (χ1) is 39.7. The van der Waals surface area contributed by atoms with Crippen LogP contribution in [-0.4, -0.2) is 9.55 Å². The molecular weight excluding hydrogens is 995 g/mol. The predicted octanol–water partition coefficient (Wildman–Crippen LogP) is 20.1. The van der Waals surface area contributed by atoms with Gasteiger partial charge in [-0.25, -0.2) is 4.98 Å². The molecule has 5 nitrogen and oxygen atoms in total. The number of fused-ring (bicyclic) bond motifs is 6. The van der Waals surface area contributed by atoms with Crippen molar-refractivity contribution in [2.24, 2.45) is 0 Å². The number of para-hydroxylation sites is 2. The number of nitrogens with zero attached hydrogens (tertiary/aromatic N) is 5. The number of pyridine rings is 1. The zero-order chi connectivity index (χ0) is 56.3. The lowest BCUT2D eigenvalue weighted by molar-refractivity contribution is -0.567. The van der Waals surface area contributed by atoms with Crippen LogP contribution in [0.4, 0.5) is 34.3 Å². The molecule has 400 valence electrons. The lowest BCUT2D eigenvalue weighted by Crippen LogP contribution is -2.31. The lowest BCUT2D eigenvalue weighted by Gasteiger charge is -2.31. The van der Waals surface area contributed by atoms with Gasteiger partial charge in [0.05, 0.1) is 17.1 Å². The molecule has 82 heavy (non-hydrogen) atoms. The number of imidazole rings is 1. The summed E-state index contributed by atoms with van der Waals surface area (Å²) in [6.07, 6.45) is 4.29. The summed E-state index contributed by atoms with van der Waals surface area (Å²) in [6.45, 7) is 18.5. The fourth-order valence-electron chi connectivity index (χ4n) is 11.9. The van der Waals surface area contributed by atoms with Crippen LogP contribution in [-0.2, 0) is 16.2 Å². The average molecular weight is 1060 g/mol. The zero-order valence-electron chi connectivity index (χ0n) is 48.1. The second-order valence-electron chi connectivity index (χ2n) is 24.5. The predicted molar refractivity (Wildman–Crippen MR) is 343 cm³/mol. The second kappa shape index (κ2) is 20.5. The Hall–Kier alpha value is -9.58. The second-order valence-corrected chi connectivity index (χ2v) is 24.5. The van der Waals surface area contributed by atoms with Crippen LogP contribution in [0, 0.1) is 0 Å². The summed E-state index contributed by atoms with van der Waals surface area (Å²) >= 11 is 0. The highest BCUT2D eigenvalue weighted by molar-refractivity contribution is 6.03. The third-order valence-corrected chi connectivity index (χ3v) is 16.6. The van der Waals surface area contributed by atoms with E-state index in [2.05, 4.69) is 335 Å². The quantitative estimate of drug-likeness (QED) is 0.128. The summed E-state index contributed by atoms with van der Waals surface area (Å²) in [7, 11) is 0. The first-order valence-corrected chi connectivity index (χ1v) is 28.7. The van der Waals surface area contributed by atoms with E-state index in [9.17, 15) is 0 Å². The van der Waals surface area contributed by atoms with E-state index >= 15 is 0 Å². The van der Waals surface area contributed by atoms with Gasteiger partial charge in [-0.1, -0.05) is 219 Å². The van der Waals surface area contributed by atoms with Gasteiger partial charge in [0.2, 0.25) is 0 Å². The zero-order valence-corrected chi connectivity index (χ0v) is 48.1. The largest absolute Gasteiger partial charge is 0.310 e. The van der Waals surface area contributed by atoms with Crippen LogP contribution in [0.3, 0.4) is 0 Å². The van der Waals surface area contributed by atoms with E-state index in [4.69, 9.17) is 4.98 Å². The molecule has 1 aliphatic heterocycles. The highest BCUT2D eigenvalue weighted by Gasteiger charge is 2.32. The number of anilines is 6. The molecule has 12 aromatic rings. The van der Waals surface area contributed by atoms with Crippen molar-refractivity contribution in [1.82, 2.24) is 9.55 Å². The Kier molecular flexibility index (Phi) is 13.0. The van der Waals surface area contributed by atoms with Crippen LogP contribution in [0.2, 0.25) is 0 Å². The highest BCUT2D eigenvalue weighted by atomic mass is 15.2. The molecule has 3 heterocycles. The van der Waals surface area contributed by atoms with Crippen molar-refractivity contribution >= 4 is 45.3 Å². The molecule has 0 amide bonds. The molecule has 13 rings (SSSR count). The molecule has 0 fully saturated rings. The normalized spacial score (nSPS) is 12.4. The molecule has 0 radical (unpaired) electrons. The molecular formula is C77H68N5+. The van der Waals surface area contributed by atoms with Crippen LogP contribution in [0.25, 0.3) is 66.9 Å². The van der Waals surface area contributed by atoms with Crippen molar-refractivity contribution in [2.75, 3.05) is 9.80 Å². The van der Waals surface area contributed by atoms with Gasteiger partial charge in [0, 0.05) is 40.2 Å². The van der Waals surface area contributed by atoms with Gasteiger partial charge in [-0.05, 0) is 151 Å². The van der Waals surface area contributed by atoms with E-state index in [0.717, 1.165) is 78.9 Å². The molecule has 0 unspecified atom stereocenters. The maximum atomic E-state index is 5.27. The van der Waals surface area contributed by atoms with Crippen LogP contribution in [0.15, 0.2) is 267 Å². The first kappa shape index (κ1) is 51.8. The van der Waals surface area contributed by atoms with Gasteiger partial charge in [-0.15, -0.1) is 0 Å². The minimum absolute atomic E-state index is 0.0661. The fourth-order valence-corrected chi connectivity index (χ4v) is 11.9. The summed E-state index contributed by atoms with van der Waals surface area (Å²) < 4.78 is 4.81. The van der Waals surface area contributed by atoms with Gasteiger partial charge in [-0.2, -0.15) is 9.13 Å². The molecule has 0 N–H and O–H groups in total. The Labute approximate surface area is 483 Å². The van der Waals surface area contributed by atoms with Crippen molar-refractivity contribution in [3.05, 3.63) is 290 Å². The molecule has 0 aliphatic carbocycles. The van der Waals surface area contributed by atoms with Crippen LogP contribution in [0.5, 0.6) is 0 Å². The number of aromatic nitrogens is 3. The van der Waals surface area contributed by atoms with E-state index in [1.807, 2.05) is 6.20 Å². The summed E-state index contributed by atoms with van der Waals surface area (Å²) in [5, 5.41) is 0. The van der Waals surface area contributed by atoms with Gasteiger partial charge in [0.25, 0.3) is 6.33 Å². The number of hydrogen-bond donors (Lipinski definition) is 0.